The maximum atomic E-state index is 11.8. The summed E-state index contributed by atoms with van der Waals surface area (Å²) >= 11 is 0. The van der Waals surface area contributed by atoms with Crippen LogP contribution in [0.2, 0.25) is 0 Å². The van der Waals surface area contributed by atoms with E-state index in [4.69, 9.17) is 5.11 Å². The zero-order valence-electron chi connectivity index (χ0n) is 10.1. The van der Waals surface area contributed by atoms with Gasteiger partial charge in [0.2, 0.25) is 0 Å². The van der Waals surface area contributed by atoms with E-state index >= 15 is 0 Å². The number of nitrogens with zero attached hydrogens (tertiary/aromatic N) is 3. The second-order valence-electron chi connectivity index (χ2n) is 3.80. The summed E-state index contributed by atoms with van der Waals surface area (Å²) in [6, 6.07) is 6.47. The Kier molecular flexibility index (Phi) is 3.97. The number of rotatable bonds is 6. The third-order valence-corrected chi connectivity index (χ3v) is 3.87. The van der Waals surface area contributed by atoms with E-state index in [2.05, 4.69) is 9.28 Å². The van der Waals surface area contributed by atoms with E-state index in [1.54, 1.807) is 18.2 Å². The molecule has 0 saturated heterocycles. The van der Waals surface area contributed by atoms with Crippen molar-refractivity contribution in [2.75, 3.05) is 13.2 Å². The Morgan fingerprint density at radius 2 is 2.15 bits per heavy atom. The number of aliphatic hydroxyl groups excluding tert-OH is 1. The summed E-state index contributed by atoms with van der Waals surface area (Å²) in [7, 11) is -4.56. The topological polar surface area (TPSA) is 125 Å². The zero-order chi connectivity index (χ0) is 14.8. The van der Waals surface area contributed by atoms with E-state index < -0.39 is 33.8 Å². The van der Waals surface area contributed by atoms with E-state index in [1.807, 2.05) is 0 Å². The minimum absolute atomic E-state index is 0.297. The summed E-state index contributed by atoms with van der Waals surface area (Å²) < 4.78 is 28.8. The number of hydrogen-bond donors (Lipinski definition) is 1. The maximum Gasteiger partial charge on any atom is 0.429 e. The summed E-state index contributed by atoms with van der Waals surface area (Å²) in [5, 5.41) is 24.0. The van der Waals surface area contributed by atoms with E-state index in [9.17, 15) is 18.5 Å². The Morgan fingerprint density at radius 1 is 1.45 bits per heavy atom. The lowest BCUT2D eigenvalue weighted by Gasteiger charge is -2.11. The lowest BCUT2D eigenvalue weighted by Crippen LogP contribution is -2.30. The monoisotopic (exact) mass is 301 g/mol. The minimum Gasteiger partial charge on any atom is -0.394 e. The Hall–Kier alpha value is -2.04. The molecular formula is C10H11N3O6S. The smallest absolute Gasteiger partial charge is 0.394 e. The van der Waals surface area contributed by atoms with Crippen molar-refractivity contribution in [3.8, 4) is 0 Å². The first-order valence-corrected chi connectivity index (χ1v) is 6.99. The van der Waals surface area contributed by atoms with Crippen molar-refractivity contribution < 1.29 is 22.6 Å². The molecule has 0 amide bonds. The molecule has 9 nitrogen and oxygen atoms in total. The summed E-state index contributed by atoms with van der Waals surface area (Å²) in [6.07, 6.45) is 1.33. The van der Waals surface area contributed by atoms with Crippen LogP contribution in [0.15, 0.2) is 30.5 Å². The normalized spacial score (nSPS) is 13.4. The fourth-order valence-electron chi connectivity index (χ4n) is 1.70. The number of para-hydroxylation sites is 1. The molecule has 1 heterocycles. The fraction of sp³-hybridized carbons (Fsp3) is 0.300. The number of fused-ring (bicyclic) bond motifs is 1. The van der Waals surface area contributed by atoms with Gasteiger partial charge in [-0.2, -0.15) is 18.2 Å². The van der Waals surface area contributed by atoms with Gasteiger partial charge < -0.3 is 5.11 Å². The summed E-state index contributed by atoms with van der Waals surface area (Å²) in [4.78, 5) is 10.1. The van der Waals surface area contributed by atoms with Gasteiger partial charge in [0.05, 0.1) is 29.9 Å². The lowest BCUT2D eigenvalue weighted by molar-refractivity contribution is -0.522. The molecule has 0 aliphatic heterocycles. The maximum absolute atomic E-state index is 11.8. The SMILES string of the molecule is O=[N+]([O-])C(n1ncc2ccccc21)S(=O)(=O)OCCO. The number of nitro groups is 1. The Labute approximate surface area is 113 Å². The average molecular weight is 301 g/mol. The van der Waals surface area contributed by atoms with Crippen molar-refractivity contribution in [2.24, 2.45) is 0 Å². The minimum atomic E-state index is -4.56. The first kappa shape index (κ1) is 14.4. The van der Waals surface area contributed by atoms with Crippen LogP contribution in [0.4, 0.5) is 0 Å². The highest BCUT2D eigenvalue weighted by Gasteiger charge is 2.40. The van der Waals surface area contributed by atoms with Gasteiger partial charge in [0.1, 0.15) is 0 Å². The third-order valence-electron chi connectivity index (χ3n) is 2.49. The van der Waals surface area contributed by atoms with Gasteiger partial charge in [0.25, 0.3) is 0 Å². The Morgan fingerprint density at radius 3 is 2.80 bits per heavy atom. The number of aromatic nitrogens is 2. The summed E-state index contributed by atoms with van der Waals surface area (Å²) in [5.41, 5.74) is -1.90. The second kappa shape index (κ2) is 5.53. The fourth-order valence-corrected chi connectivity index (χ4v) is 2.75. The van der Waals surface area contributed by atoms with Crippen molar-refractivity contribution >= 4 is 21.0 Å². The molecule has 0 aliphatic carbocycles. The van der Waals surface area contributed by atoms with Crippen molar-refractivity contribution in [1.82, 2.24) is 9.78 Å². The Bertz CT molecular complexity index is 725. The van der Waals surface area contributed by atoms with Crippen LogP contribution in [-0.2, 0) is 14.3 Å². The van der Waals surface area contributed by atoms with Gasteiger partial charge in [0.15, 0.2) is 0 Å². The third kappa shape index (κ3) is 2.61. The molecule has 2 rings (SSSR count). The molecule has 0 saturated carbocycles. The van der Waals surface area contributed by atoms with Crippen LogP contribution < -0.4 is 0 Å². The largest absolute Gasteiger partial charge is 0.429 e. The van der Waals surface area contributed by atoms with Gasteiger partial charge in [-0.05, 0) is 6.07 Å². The molecule has 0 aliphatic rings. The molecule has 1 unspecified atom stereocenters. The van der Waals surface area contributed by atoms with Crippen LogP contribution in [0, 0.1) is 10.1 Å². The number of hydrogen-bond acceptors (Lipinski definition) is 7. The first-order valence-electron chi connectivity index (χ1n) is 5.52. The predicted octanol–water partition coefficient (Wildman–Crippen LogP) is 0.108. The van der Waals surface area contributed by atoms with Gasteiger partial charge in [-0.1, -0.05) is 18.2 Å². The van der Waals surface area contributed by atoms with Crippen molar-refractivity contribution in [3.63, 3.8) is 0 Å². The lowest BCUT2D eigenvalue weighted by atomic mass is 10.3. The Balaban J connectivity index is 2.52. The van der Waals surface area contributed by atoms with Crippen LogP contribution in [0.1, 0.15) is 5.50 Å². The van der Waals surface area contributed by atoms with Crippen LogP contribution in [0.25, 0.3) is 10.9 Å². The molecule has 2 aromatic rings. The molecule has 0 fully saturated rings. The molecule has 1 atom stereocenters. The van der Waals surface area contributed by atoms with E-state index in [0.29, 0.717) is 10.9 Å². The molecule has 1 N–H and O–H groups in total. The highest BCUT2D eigenvalue weighted by atomic mass is 32.2. The second-order valence-corrected chi connectivity index (χ2v) is 5.44. The van der Waals surface area contributed by atoms with E-state index in [1.165, 1.54) is 12.3 Å². The highest BCUT2D eigenvalue weighted by molar-refractivity contribution is 7.86. The van der Waals surface area contributed by atoms with Crippen LogP contribution in [-0.4, -0.2) is 41.4 Å². The quantitative estimate of drug-likeness (QED) is 0.456. The number of aliphatic hydroxyl groups is 1. The highest BCUT2D eigenvalue weighted by Crippen LogP contribution is 2.23. The molecule has 0 radical (unpaired) electrons. The standard InChI is InChI=1S/C10H11N3O6S/c14-5-6-19-20(17,18)10(13(15)16)12-9-4-2-1-3-8(9)7-11-12/h1-4,7,10,14H,5-6H2. The van der Waals surface area contributed by atoms with Crippen LogP contribution in [0.5, 0.6) is 0 Å². The van der Waals surface area contributed by atoms with Gasteiger partial charge in [-0.25, -0.2) is 0 Å². The van der Waals surface area contributed by atoms with Gasteiger partial charge in [0, 0.05) is 5.39 Å². The molecule has 10 heteroatoms. The molecule has 1 aromatic carbocycles. The van der Waals surface area contributed by atoms with Crippen LogP contribution in [0.3, 0.4) is 0 Å². The predicted molar refractivity (Wildman–Crippen MR) is 67.7 cm³/mol. The van der Waals surface area contributed by atoms with Crippen LogP contribution >= 0.6 is 0 Å². The van der Waals surface area contributed by atoms with E-state index in [0.717, 1.165) is 4.68 Å². The molecule has 0 spiro atoms. The first-order chi connectivity index (χ1) is 9.47. The van der Waals surface area contributed by atoms with E-state index in [-0.39, 0.29) is 0 Å². The zero-order valence-corrected chi connectivity index (χ0v) is 10.9. The molecular weight excluding hydrogens is 290 g/mol. The summed E-state index contributed by atoms with van der Waals surface area (Å²) in [5.74, 6) is 0. The van der Waals surface area contributed by atoms with Crippen molar-refractivity contribution in [3.05, 3.63) is 40.6 Å². The molecule has 0 bridgehead atoms. The summed E-state index contributed by atoms with van der Waals surface area (Å²) in [6.45, 7) is -1.12. The average Bonchev–Trinajstić information content (AvgIpc) is 2.80. The number of benzene rings is 1. The van der Waals surface area contributed by atoms with Gasteiger partial charge >= 0.3 is 15.6 Å². The molecule has 108 valence electrons. The van der Waals surface area contributed by atoms with Gasteiger partial charge in [-0.15, -0.1) is 0 Å². The van der Waals surface area contributed by atoms with Crippen molar-refractivity contribution in [1.29, 1.82) is 0 Å². The van der Waals surface area contributed by atoms with Crippen molar-refractivity contribution in [2.45, 2.75) is 5.50 Å². The molecule has 20 heavy (non-hydrogen) atoms. The molecule has 1 aromatic heterocycles. The van der Waals surface area contributed by atoms with Gasteiger partial charge in [-0.3, -0.25) is 14.3 Å².